The smallest absolute Gasteiger partial charge is 0.124 e. The van der Waals surface area contributed by atoms with Crippen LogP contribution in [0.5, 0.6) is 0 Å². The van der Waals surface area contributed by atoms with Crippen LogP contribution in [-0.2, 0) is 0 Å². The third-order valence-electron chi connectivity index (χ3n) is 3.89. The molecule has 1 atom stereocenters. The minimum atomic E-state index is -0.306. The molecular weight excluding hydrogens is 261 g/mol. The van der Waals surface area contributed by atoms with Crippen molar-refractivity contribution >= 4 is 22.9 Å². The van der Waals surface area contributed by atoms with Gasteiger partial charge in [0.2, 0.25) is 0 Å². The molecule has 3 nitrogen and oxygen atoms in total. The molecule has 1 saturated carbocycles. The zero-order valence-electron chi connectivity index (χ0n) is 10.7. The first-order valence-corrected chi connectivity index (χ1v) is 7.14. The van der Waals surface area contributed by atoms with E-state index in [-0.39, 0.29) is 10.8 Å². The fourth-order valence-corrected chi connectivity index (χ4v) is 2.91. The van der Waals surface area contributed by atoms with Gasteiger partial charge in [0.05, 0.1) is 0 Å². The van der Waals surface area contributed by atoms with Gasteiger partial charge < -0.3 is 11.1 Å². The highest BCUT2D eigenvalue weighted by molar-refractivity contribution is 7.80. The van der Waals surface area contributed by atoms with Crippen molar-refractivity contribution in [1.82, 2.24) is 4.90 Å². The van der Waals surface area contributed by atoms with Gasteiger partial charge in [0, 0.05) is 36.4 Å². The first-order chi connectivity index (χ1) is 9.13. The van der Waals surface area contributed by atoms with Gasteiger partial charge in [-0.05, 0) is 37.5 Å². The second-order valence-corrected chi connectivity index (χ2v) is 5.85. The van der Waals surface area contributed by atoms with Gasteiger partial charge in [-0.3, -0.25) is 4.90 Å². The number of rotatable bonds is 4. The third-order valence-corrected chi connectivity index (χ3v) is 4.11. The molecule has 1 aliphatic carbocycles. The molecule has 19 heavy (non-hydrogen) atoms. The molecule has 1 aromatic carbocycles. The molecule has 102 valence electrons. The molecule has 1 unspecified atom stereocenters. The molecule has 0 aromatic heterocycles. The second kappa shape index (κ2) is 5.06. The lowest BCUT2D eigenvalue weighted by molar-refractivity contribution is 0.326. The van der Waals surface area contributed by atoms with E-state index >= 15 is 0 Å². The lowest BCUT2D eigenvalue weighted by Crippen LogP contribution is -2.28. The summed E-state index contributed by atoms with van der Waals surface area (Å²) in [5.41, 5.74) is 7.10. The highest BCUT2D eigenvalue weighted by atomic mass is 32.1. The van der Waals surface area contributed by atoms with E-state index in [1.54, 1.807) is 6.07 Å². The SMILES string of the molecule is NC(=S)c1cc(F)ccc1NC1CCN(C2CC2)C1. The Balaban J connectivity index is 1.71. The van der Waals surface area contributed by atoms with Crippen LogP contribution in [0.3, 0.4) is 0 Å². The molecule has 0 amide bonds. The van der Waals surface area contributed by atoms with Crippen LogP contribution in [0, 0.1) is 5.82 Å². The van der Waals surface area contributed by atoms with Gasteiger partial charge in [-0.1, -0.05) is 12.2 Å². The number of nitrogens with two attached hydrogens (primary N) is 1. The summed E-state index contributed by atoms with van der Waals surface area (Å²) in [6.07, 6.45) is 3.79. The van der Waals surface area contributed by atoms with Crippen LogP contribution < -0.4 is 11.1 Å². The Labute approximate surface area is 118 Å². The number of halogens is 1. The highest BCUT2D eigenvalue weighted by Crippen LogP contribution is 2.31. The quantitative estimate of drug-likeness (QED) is 0.828. The molecule has 0 spiro atoms. The minimum Gasteiger partial charge on any atom is -0.389 e. The van der Waals surface area contributed by atoms with Crippen molar-refractivity contribution < 1.29 is 4.39 Å². The Morgan fingerprint density at radius 1 is 1.37 bits per heavy atom. The van der Waals surface area contributed by atoms with Crippen LogP contribution in [0.15, 0.2) is 18.2 Å². The molecule has 1 aliphatic heterocycles. The second-order valence-electron chi connectivity index (χ2n) is 5.41. The van der Waals surface area contributed by atoms with E-state index in [1.165, 1.54) is 25.0 Å². The van der Waals surface area contributed by atoms with Crippen molar-refractivity contribution in [3.05, 3.63) is 29.6 Å². The molecule has 1 saturated heterocycles. The van der Waals surface area contributed by atoms with E-state index in [9.17, 15) is 4.39 Å². The zero-order valence-corrected chi connectivity index (χ0v) is 11.5. The number of benzene rings is 1. The van der Waals surface area contributed by atoms with E-state index in [1.807, 2.05) is 0 Å². The number of nitrogens with zero attached hydrogens (tertiary/aromatic N) is 1. The van der Waals surface area contributed by atoms with Crippen LogP contribution in [-0.4, -0.2) is 35.1 Å². The molecule has 2 aliphatic rings. The van der Waals surface area contributed by atoms with Gasteiger partial charge in [-0.2, -0.15) is 0 Å². The standard InChI is InChI=1S/C14H18FN3S/c15-9-1-4-13(12(7-9)14(16)19)17-10-5-6-18(8-10)11-2-3-11/h1,4,7,10-11,17H,2-3,5-6,8H2,(H2,16,19). The zero-order chi connectivity index (χ0) is 13.4. The van der Waals surface area contributed by atoms with Crippen molar-refractivity contribution in [3.63, 3.8) is 0 Å². The average Bonchev–Trinajstić information content (AvgIpc) is 3.12. The Hall–Kier alpha value is -1.20. The summed E-state index contributed by atoms with van der Waals surface area (Å²) in [6.45, 7) is 2.20. The van der Waals surface area contributed by atoms with Gasteiger partial charge in [0.1, 0.15) is 10.8 Å². The van der Waals surface area contributed by atoms with Gasteiger partial charge in [-0.15, -0.1) is 0 Å². The molecule has 1 aromatic rings. The molecule has 3 rings (SSSR count). The molecule has 2 fully saturated rings. The van der Waals surface area contributed by atoms with E-state index in [4.69, 9.17) is 18.0 Å². The molecular formula is C14H18FN3S. The van der Waals surface area contributed by atoms with E-state index in [2.05, 4.69) is 10.2 Å². The van der Waals surface area contributed by atoms with Gasteiger partial charge in [0.15, 0.2) is 0 Å². The topological polar surface area (TPSA) is 41.3 Å². The molecule has 3 N–H and O–H groups in total. The summed E-state index contributed by atoms with van der Waals surface area (Å²) in [5.74, 6) is -0.306. The maximum atomic E-state index is 13.2. The summed E-state index contributed by atoms with van der Waals surface area (Å²) in [4.78, 5) is 2.76. The van der Waals surface area contributed by atoms with Crippen molar-refractivity contribution in [3.8, 4) is 0 Å². The maximum absolute atomic E-state index is 13.2. The molecule has 0 bridgehead atoms. The molecule has 0 radical (unpaired) electrons. The Kier molecular flexibility index (Phi) is 3.41. The lowest BCUT2D eigenvalue weighted by Gasteiger charge is -2.18. The summed E-state index contributed by atoms with van der Waals surface area (Å²) < 4.78 is 13.2. The van der Waals surface area contributed by atoms with Gasteiger partial charge in [-0.25, -0.2) is 4.39 Å². The van der Waals surface area contributed by atoms with Crippen LogP contribution in [0.2, 0.25) is 0 Å². The number of hydrogen-bond acceptors (Lipinski definition) is 3. The maximum Gasteiger partial charge on any atom is 0.124 e. The normalized spacial score (nSPS) is 23.5. The summed E-state index contributed by atoms with van der Waals surface area (Å²) >= 11 is 4.99. The van der Waals surface area contributed by atoms with Crippen molar-refractivity contribution in [2.24, 2.45) is 5.73 Å². The van der Waals surface area contributed by atoms with Crippen LogP contribution in [0.1, 0.15) is 24.8 Å². The Morgan fingerprint density at radius 3 is 2.84 bits per heavy atom. The fraction of sp³-hybridized carbons (Fsp3) is 0.500. The summed E-state index contributed by atoms with van der Waals surface area (Å²) in [7, 11) is 0. The Bertz CT molecular complexity index is 501. The number of nitrogens with one attached hydrogen (secondary N) is 1. The number of anilines is 1. The largest absolute Gasteiger partial charge is 0.389 e. The minimum absolute atomic E-state index is 0.235. The summed E-state index contributed by atoms with van der Waals surface area (Å²) in [5, 5.41) is 3.45. The Morgan fingerprint density at radius 2 is 2.16 bits per heavy atom. The van der Waals surface area contributed by atoms with Crippen molar-refractivity contribution in [2.45, 2.75) is 31.3 Å². The first kappa shape index (κ1) is 12.8. The van der Waals surface area contributed by atoms with Crippen molar-refractivity contribution in [2.75, 3.05) is 18.4 Å². The van der Waals surface area contributed by atoms with Crippen LogP contribution in [0.25, 0.3) is 0 Å². The van der Waals surface area contributed by atoms with Crippen LogP contribution >= 0.6 is 12.2 Å². The first-order valence-electron chi connectivity index (χ1n) is 6.73. The number of thiocarbonyl (C=S) groups is 1. The van der Waals surface area contributed by atoms with E-state index < -0.39 is 0 Å². The molecule has 5 heteroatoms. The average molecular weight is 279 g/mol. The molecule has 1 heterocycles. The van der Waals surface area contributed by atoms with E-state index in [0.717, 1.165) is 31.2 Å². The predicted molar refractivity (Wildman–Crippen MR) is 78.9 cm³/mol. The fourth-order valence-electron chi connectivity index (χ4n) is 2.74. The number of likely N-dealkylation sites (tertiary alicyclic amines) is 1. The summed E-state index contributed by atoms with van der Waals surface area (Å²) in [6, 6.07) is 5.77. The van der Waals surface area contributed by atoms with Crippen LogP contribution in [0.4, 0.5) is 10.1 Å². The number of hydrogen-bond donors (Lipinski definition) is 2. The lowest BCUT2D eigenvalue weighted by atomic mass is 10.1. The highest BCUT2D eigenvalue weighted by Gasteiger charge is 2.34. The van der Waals surface area contributed by atoms with E-state index in [0.29, 0.717) is 11.6 Å². The third kappa shape index (κ3) is 2.87. The van der Waals surface area contributed by atoms with Crippen molar-refractivity contribution in [1.29, 1.82) is 0 Å². The van der Waals surface area contributed by atoms with Gasteiger partial charge in [0.25, 0.3) is 0 Å². The predicted octanol–water partition coefficient (Wildman–Crippen LogP) is 2.11. The van der Waals surface area contributed by atoms with Gasteiger partial charge >= 0.3 is 0 Å². The monoisotopic (exact) mass is 279 g/mol.